The average Bonchev–Trinajstić information content (AvgIpc) is 3.02. The number of hydrogen-bond donors (Lipinski definition) is 0. The van der Waals surface area contributed by atoms with E-state index in [1.165, 1.54) is 28.1 Å². The van der Waals surface area contributed by atoms with Crippen LogP contribution in [0, 0.1) is 0 Å². The first-order valence-corrected chi connectivity index (χ1v) is 9.39. The molecule has 3 rings (SSSR count). The molecule has 0 spiro atoms. The van der Waals surface area contributed by atoms with Gasteiger partial charge in [0.15, 0.2) is 5.71 Å². The Labute approximate surface area is 158 Å². The molecule has 0 saturated carbocycles. The SMILES string of the molecule is CN(C)c1ccc(C(=C2C=CC(=[N+](C)C)C=C2)c2ccsc2Cl)cc1. The van der Waals surface area contributed by atoms with Gasteiger partial charge in [-0.1, -0.05) is 23.7 Å². The highest BCUT2D eigenvalue weighted by molar-refractivity contribution is 7.14. The van der Waals surface area contributed by atoms with Gasteiger partial charge in [0, 0.05) is 37.5 Å². The van der Waals surface area contributed by atoms with E-state index in [4.69, 9.17) is 11.6 Å². The summed E-state index contributed by atoms with van der Waals surface area (Å²) in [6, 6.07) is 10.7. The third-order valence-corrected chi connectivity index (χ3v) is 5.40. The molecule has 1 aliphatic carbocycles. The van der Waals surface area contributed by atoms with Gasteiger partial charge in [-0.15, -0.1) is 11.3 Å². The number of thiophene rings is 1. The summed E-state index contributed by atoms with van der Waals surface area (Å²) in [6.07, 6.45) is 8.62. The fourth-order valence-corrected chi connectivity index (χ4v) is 3.74. The monoisotopic (exact) mass is 369 g/mol. The number of nitrogens with zero attached hydrogens (tertiary/aromatic N) is 2. The van der Waals surface area contributed by atoms with Crippen LogP contribution in [0.3, 0.4) is 0 Å². The molecule has 0 fully saturated rings. The Hall–Kier alpha value is -2.10. The van der Waals surface area contributed by atoms with Gasteiger partial charge in [-0.3, -0.25) is 0 Å². The van der Waals surface area contributed by atoms with Gasteiger partial charge in [-0.05, 0) is 52.4 Å². The number of halogens is 1. The summed E-state index contributed by atoms with van der Waals surface area (Å²) < 4.78 is 2.93. The van der Waals surface area contributed by atoms with Crippen LogP contribution in [0.25, 0.3) is 5.57 Å². The summed E-state index contributed by atoms with van der Waals surface area (Å²) in [6.45, 7) is 0. The number of allylic oxidation sites excluding steroid dienone is 5. The van der Waals surface area contributed by atoms with Crippen molar-refractivity contribution in [1.29, 1.82) is 0 Å². The minimum atomic E-state index is 0.823. The molecule has 2 aromatic rings. The van der Waals surface area contributed by atoms with Crippen LogP contribution in [0.1, 0.15) is 11.1 Å². The highest BCUT2D eigenvalue weighted by atomic mass is 35.5. The lowest BCUT2D eigenvalue weighted by atomic mass is 9.92. The number of benzene rings is 1. The van der Waals surface area contributed by atoms with E-state index in [0.29, 0.717) is 0 Å². The molecule has 0 amide bonds. The Balaban J connectivity index is 2.14. The van der Waals surface area contributed by atoms with Crippen molar-refractivity contribution in [2.45, 2.75) is 0 Å². The van der Waals surface area contributed by atoms with E-state index in [1.54, 1.807) is 11.3 Å². The minimum absolute atomic E-state index is 0.823. The van der Waals surface area contributed by atoms with Crippen LogP contribution < -0.4 is 4.90 Å². The molecule has 0 unspecified atom stereocenters. The molecule has 1 heterocycles. The van der Waals surface area contributed by atoms with Crippen molar-refractivity contribution in [3.63, 3.8) is 0 Å². The molecule has 0 radical (unpaired) electrons. The predicted octanol–water partition coefficient (Wildman–Crippen LogP) is 5.11. The van der Waals surface area contributed by atoms with Gasteiger partial charge in [0.2, 0.25) is 0 Å². The lowest BCUT2D eigenvalue weighted by Gasteiger charge is -2.16. The topological polar surface area (TPSA) is 6.25 Å². The molecule has 0 saturated heterocycles. The average molecular weight is 370 g/mol. The molecule has 0 atom stereocenters. The maximum atomic E-state index is 6.48. The molecule has 1 aromatic carbocycles. The van der Waals surface area contributed by atoms with Crippen LogP contribution in [0.15, 0.2) is 65.6 Å². The summed E-state index contributed by atoms with van der Waals surface area (Å²) in [4.78, 5) is 2.10. The summed E-state index contributed by atoms with van der Waals surface area (Å²) in [5.41, 5.74) is 6.96. The van der Waals surface area contributed by atoms with Crippen molar-refractivity contribution in [1.82, 2.24) is 0 Å². The largest absolute Gasteiger partial charge is 0.378 e. The molecule has 2 nitrogen and oxygen atoms in total. The zero-order valence-electron chi connectivity index (χ0n) is 15.0. The Kier molecular flexibility index (Phi) is 5.26. The highest BCUT2D eigenvalue weighted by Crippen LogP contribution is 2.37. The minimum Gasteiger partial charge on any atom is -0.378 e. The second-order valence-corrected chi connectivity index (χ2v) is 7.88. The van der Waals surface area contributed by atoms with Crippen molar-refractivity contribution in [2.24, 2.45) is 0 Å². The number of anilines is 1. The molecule has 0 bridgehead atoms. The first kappa shape index (κ1) is 17.7. The van der Waals surface area contributed by atoms with Crippen LogP contribution in [0.4, 0.5) is 5.69 Å². The van der Waals surface area contributed by atoms with E-state index < -0.39 is 0 Å². The van der Waals surface area contributed by atoms with E-state index in [0.717, 1.165) is 9.90 Å². The maximum Gasteiger partial charge on any atom is 0.199 e. The fraction of sp³-hybridized carbons (Fsp3) is 0.190. The fourth-order valence-electron chi connectivity index (χ4n) is 2.80. The van der Waals surface area contributed by atoms with Crippen molar-refractivity contribution in [3.05, 3.63) is 81.1 Å². The van der Waals surface area contributed by atoms with Gasteiger partial charge in [-0.25, -0.2) is 4.58 Å². The molecule has 25 heavy (non-hydrogen) atoms. The molecular formula is C21H22ClN2S+. The van der Waals surface area contributed by atoms with Gasteiger partial charge in [0.25, 0.3) is 0 Å². The smallest absolute Gasteiger partial charge is 0.199 e. The van der Waals surface area contributed by atoms with Crippen LogP contribution in [-0.4, -0.2) is 38.5 Å². The molecule has 128 valence electrons. The summed E-state index contributed by atoms with van der Waals surface area (Å²) in [7, 11) is 8.20. The Morgan fingerprint density at radius 3 is 2.08 bits per heavy atom. The molecule has 1 aromatic heterocycles. The molecule has 0 aliphatic heterocycles. The predicted molar refractivity (Wildman–Crippen MR) is 112 cm³/mol. The van der Waals surface area contributed by atoms with Crippen LogP contribution in [0.2, 0.25) is 4.34 Å². The first-order valence-electron chi connectivity index (χ1n) is 8.13. The summed E-state index contributed by atoms with van der Waals surface area (Å²) in [5.74, 6) is 0. The highest BCUT2D eigenvalue weighted by Gasteiger charge is 2.16. The number of rotatable bonds is 3. The zero-order chi connectivity index (χ0) is 18.0. The normalized spacial score (nSPS) is 13.3. The molecule has 0 N–H and O–H groups in total. The number of hydrogen-bond acceptors (Lipinski definition) is 2. The van der Waals surface area contributed by atoms with Crippen LogP contribution in [0.5, 0.6) is 0 Å². The van der Waals surface area contributed by atoms with Crippen molar-refractivity contribution in [3.8, 4) is 0 Å². The Morgan fingerprint density at radius 2 is 1.60 bits per heavy atom. The van der Waals surface area contributed by atoms with E-state index in [2.05, 4.69) is 92.3 Å². The quantitative estimate of drug-likeness (QED) is 0.681. The lowest BCUT2D eigenvalue weighted by Crippen LogP contribution is -2.10. The van der Waals surface area contributed by atoms with E-state index >= 15 is 0 Å². The van der Waals surface area contributed by atoms with Crippen LogP contribution in [-0.2, 0) is 0 Å². The van der Waals surface area contributed by atoms with Gasteiger partial charge >= 0.3 is 0 Å². The second kappa shape index (κ2) is 7.42. The lowest BCUT2D eigenvalue weighted by molar-refractivity contribution is -0.462. The molecule has 4 heteroatoms. The summed E-state index contributed by atoms with van der Waals surface area (Å²) in [5, 5.41) is 2.04. The molecule has 1 aliphatic rings. The third kappa shape index (κ3) is 3.78. The van der Waals surface area contributed by atoms with Crippen molar-refractivity contribution >= 4 is 39.9 Å². The van der Waals surface area contributed by atoms with Gasteiger partial charge in [0.05, 0.1) is 0 Å². The Morgan fingerprint density at radius 1 is 0.960 bits per heavy atom. The van der Waals surface area contributed by atoms with Crippen LogP contribution >= 0.6 is 22.9 Å². The standard InChI is InChI=1S/C21H22ClN2S/c1-23(2)17-9-5-15(6-10-17)20(19-13-14-25-21(19)22)16-7-11-18(12-8-16)24(3)4/h5-14H,1-4H3/q+1. The van der Waals surface area contributed by atoms with E-state index in [9.17, 15) is 0 Å². The van der Waals surface area contributed by atoms with Crippen molar-refractivity contribution < 1.29 is 4.58 Å². The van der Waals surface area contributed by atoms with E-state index in [-0.39, 0.29) is 0 Å². The Bertz CT molecular complexity index is 874. The first-order chi connectivity index (χ1) is 12.0. The third-order valence-electron chi connectivity index (χ3n) is 4.23. The summed E-state index contributed by atoms with van der Waals surface area (Å²) >= 11 is 8.05. The van der Waals surface area contributed by atoms with Gasteiger partial charge < -0.3 is 4.90 Å². The van der Waals surface area contributed by atoms with E-state index in [1.807, 2.05) is 5.38 Å². The maximum absolute atomic E-state index is 6.48. The molecular weight excluding hydrogens is 348 g/mol. The van der Waals surface area contributed by atoms with Gasteiger partial charge in [0.1, 0.15) is 18.4 Å². The second-order valence-electron chi connectivity index (χ2n) is 6.37. The van der Waals surface area contributed by atoms with Crippen molar-refractivity contribution in [2.75, 3.05) is 33.1 Å². The van der Waals surface area contributed by atoms with Gasteiger partial charge in [-0.2, -0.15) is 0 Å². The zero-order valence-corrected chi connectivity index (χ0v) is 16.5.